The zero-order valence-electron chi connectivity index (χ0n) is 16.0. The summed E-state index contributed by atoms with van der Waals surface area (Å²) >= 11 is 0. The molecule has 1 unspecified atom stereocenters. The Bertz CT molecular complexity index is 975. The highest BCUT2D eigenvalue weighted by atomic mass is 16.5. The van der Waals surface area contributed by atoms with Gasteiger partial charge in [-0.2, -0.15) is 0 Å². The van der Waals surface area contributed by atoms with E-state index in [1.54, 1.807) is 6.20 Å². The normalized spacial score (nSPS) is 12.0. The maximum atomic E-state index is 6.32. The zero-order valence-corrected chi connectivity index (χ0v) is 16.0. The first-order chi connectivity index (χ1) is 13.8. The molecule has 4 rings (SSSR count). The summed E-state index contributed by atoms with van der Waals surface area (Å²) in [7, 11) is 0. The summed E-state index contributed by atoms with van der Waals surface area (Å²) < 4.78 is 8.38. The van der Waals surface area contributed by atoms with Crippen molar-refractivity contribution in [1.29, 1.82) is 0 Å². The van der Waals surface area contributed by atoms with Crippen LogP contribution in [0.15, 0.2) is 97.6 Å². The highest BCUT2D eigenvalue weighted by Crippen LogP contribution is 2.24. The minimum absolute atomic E-state index is 0.0244. The van der Waals surface area contributed by atoms with Gasteiger partial charge in [-0.15, -0.1) is 0 Å². The van der Waals surface area contributed by atoms with Crippen LogP contribution in [0.3, 0.4) is 0 Å². The molecule has 28 heavy (non-hydrogen) atoms. The molecule has 3 heteroatoms. The van der Waals surface area contributed by atoms with Crippen LogP contribution in [0.4, 0.5) is 0 Å². The number of aromatic nitrogens is 2. The number of nitrogens with zero attached hydrogens (tertiary/aromatic N) is 2. The molecule has 1 atom stereocenters. The van der Waals surface area contributed by atoms with Gasteiger partial charge in [0.05, 0.1) is 19.5 Å². The molecule has 1 heterocycles. The molecule has 0 aliphatic heterocycles. The molecule has 0 N–H and O–H groups in total. The van der Waals surface area contributed by atoms with Gasteiger partial charge in [-0.05, 0) is 29.2 Å². The van der Waals surface area contributed by atoms with Crippen LogP contribution in [-0.2, 0) is 17.9 Å². The van der Waals surface area contributed by atoms with Crippen molar-refractivity contribution < 1.29 is 4.74 Å². The summed E-state index contributed by atoms with van der Waals surface area (Å²) in [6.07, 6.45) is 5.58. The van der Waals surface area contributed by atoms with E-state index in [0.717, 1.165) is 6.54 Å². The van der Waals surface area contributed by atoms with Crippen LogP contribution in [0.1, 0.15) is 22.8 Å². The second-order valence-electron chi connectivity index (χ2n) is 7.03. The molecule has 0 radical (unpaired) electrons. The van der Waals surface area contributed by atoms with Gasteiger partial charge < -0.3 is 9.30 Å². The summed E-state index contributed by atoms with van der Waals surface area (Å²) in [6.45, 7) is 3.41. The summed E-state index contributed by atoms with van der Waals surface area (Å²) in [5, 5.41) is 0. The Hall–Kier alpha value is -3.17. The fraction of sp³-hybridized carbons (Fsp3) is 0.160. The second kappa shape index (κ2) is 8.68. The van der Waals surface area contributed by atoms with Crippen LogP contribution in [0, 0.1) is 6.92 Å². The van der Waals surface area contributed by atoms with Crippen molar-refractivity contribution in [3.05, 3.63) is 114 Å². The van der Waals surface area contributed by atoms with Crippen LogP contribution >= 0.6 is 0 Å². The van der Waals surface area contributed by atoms with Crippen molar-refractivity contribution in [2.75, 3.05) is 0 Å². The largest absolute Gasteiger partial charge is 0.367 e. The molecule has 0 fully saturated rings. The third-order valence-electron chi connectivity index (χ3n) is 4.90. The van der Waals surface area contributed by atoms with E-state index < -0.39 is 0 Å². The van der Waals surface area contributed by atoms with Crippen LogP contribution in [0.2, 0.25) is 0 Å². The third-order valence-corrected chi connectivity index (χ3v) is 4.90. The molecular formula is C25H24N2O. The number of hydrogen-bond acceptors (Lipinski definition) is 2. The average molecular weight is 368 g/mol. The molecular weight excluding hydrogens is 344 g/mol. The molecule has 140 valence electrons. The van der Waals surface area contributed by atoms with E-state index >= 15 is 0 Å². The highest BCUT2D eigenvalue weighted by molar-refractivity contribution is 5.63. The van der Waals surface area contributed by atoms with E-state index in [1.807, 2.05) is 18.6 Å². The fourth-order valence-electron chi connectivity index (χ4n) is 3.24. The van der Waals surface area contributed by atoms with Crippen molar-refractivity contribution in [3.8, 4) is 11.1 Å². The number of aryl methyl sites for hydroxylation is 1. The third kappa shape index (κ3) is 4.56. The van der Waals surface area contributed by atoms with Crippen molar-refractivity contribution in [3.63, 3.8) is 0 Å². The zero-order chi connectivity index (χ0) is 19.2. The quantitative estimate of drug-likeness (QED) is 0.411. The molecule has 0 saturated heterocycles. The lowest BCUT2D eigenvalue weighted by Gasteiger charge is -2.19. The molecule has 1 aromatic heterocycles. The fourth-order valence-corrected chi connectivity index (χ4v) is 3.24. The van der Waals surface area contributed by atoms with Crippen LogP contribution in [0.25, 0.3) is 11.1 Å². The molecule has 4 aromatic rings. The predicted octanol–water partition coefficient (Wildman–Crippen LogP) is 5.82. The minimum atomic E-state index is -0.0244. The average Bonchev–Trinajstić information content (AvgIpc) is 3.26. The first-order valence-electron chi connectivity index (χ1n) is 9.56. The smallest absolute Gasteiger partial charge is 0.101 e. The maximum absolute atomic E-state index is 6.32. The molecule has 3 aromatic carbocycles. The summed E-state index contributed by atoms with van der Waals surface area (Å²) in [5.74, 6) is 0. The van der Waals surface area contributed by atoms with Crippen LogP contribution in [-0.4, -0.2) is 9.55 Å². The summed E-state index contributed by atoms with van der Waals surface area (Å²) in [4.78, 5) is 4.15. The van der Waals surface area contributed by atoms with Crippen LogP contribution < -0.4 is 0 Å². The van der Waals surface area contributed by atoms with Crippen molar-refractivity contribution in [2.45, 2.75) is 26.2 Å². The Morgan fingerprint density at radius 3 is 2.25 bits per heavy atom. The van der Waals surface area contributed by atoms with E-state index in [0.29, 0.717) is 6.61 Å². The Balaban J connectivity index is 1.47. The van der Waals surface area contributed by atoms with Gasteiger partial charge >= 0.3 is 0 Å². The SMILES string of the molecule is Cc1ccc(C(Cn2ccnc2)OCc2ccc(-c3ccccc3)cc2)cc1. The van der Waals surface area contributed by atoms with Crippen LogP contribution in [0.5, 0.6) is 0 Å². The monoisotopic (exact) mass is 368 g/mol. The van der Waals surface area contributed by atoms with Gasteiger partial charge in [0.15, 0.2) is 0 Å². The molecule has 0 aliphatic carbocycles. The lowest BCUT2D eigenvalue weighted by atomic mass is 10.0. The Morgan fingerprint density at radius 1 is 0.857 bits per heavy atom. The summed E-state index contributed by atoms with van der Waals surface area (Å²) in [5.41, 5.74) is 6.05. The number of imidazole rings is 1. The number of rotatable bonds is 7. The van der Waals surface area contributed by atoms with Gasteiger partial charge in [0.1, 0.15) is 6.10 Å². The van der Waals surface area contributed by atoms with Gasteiger partial charge in [0.25, 0.3) is 0 Å². The van der Waals surface area contributed by atoms with Gasteiger partial charge in [0, 0.05) is 12.4 Å². The Morgan fingerprint density at radius 2 is 1.57 bits per heavy atom. The first kappa shape index (κ1) is 18.2. The van der Waals surface area contributed by atoms with Gasteiger partial charge in [-0.3, -0.25) is 0 Å². The predicted molar refractivity (Wildman–Crippen MR) is 113 cm³/mol. The highest BCUT2D eigenvalue weighted by Gasteiger charge is 2.13. The van der Waals surface area contributed by atoms with Gasteiger partial charge in [-0.1, -0.05) is 84.4 Å². The lowest BCUT2D eigenvalue weighted by Crippen LogP contribution is -2.12. The second-order valence-corrected chi connectivity index (χ2v) is 7.03. The Kier molecular flexibility index (Phi) is 5.64. The maximum Gasteiger partial charge on any atom is 0.101 e. The van der Waals surface area contributed by atoms with E-state index in [2.05, 4.69) is 89.3 Å². The van der Waals surface area contributed by atoms with Crippen molar-refractivity contribution >= 4 is 0 Å². The first-order valence-corrected chi connectivity index (χ1v) is 9.56. The number of ether oxygens (including phenoxy) is 1. The molecule has 0 amide bonds. The van der Waals surface area contributed by atoms with E-state index in [1.165, 1.54) is 27.8 Å². The van der Waals surface area contributed by atoms with E-state index in [-0.39, 0.29) is 6.10 Å². The summed E-state index contributed by atoms with van der Waals surface area (Å²) in [6, 6.07) is 27.6. The lowest BCUT2D eigenvalue weighted by molar-refractivity contribution is 0.0280. The number of benzene rings is 3. The molecule has 3 nitrogen and oxygen atoms in total. The van der Waals surface area contributed by atoms with E-state index in [4.69, 9.17) is 4.74 Å². The van der Waals surface area contributed by atoms with Crippen molar-refractivity contribution in [2.24, 2.45) is 0 Å². The molecule has 0 spiro atoms. The Labute approximate surface area is 166 Å². The topological polar surface area (TPSA) is 27.1 Å². The van der Waals surface area contributed by atoms with Crippen molar-refractivity contribution in [1.82, 2.24) is 9.55 Å². The molecule has 0 aliphatic rings. The number of hydrogen-bond donors (Lipinski definition) is 0. The van der Waals surface area contributed by atoms with E-state index in [9.17, 15) is 0 Å². The van der Waals surface area contributed by atoms with Gasteiger partial charge in [0.2, 0.25) is 0 Å². The standard InChI is InChI=1S/C25H24N2O/c1-20-7-11-24(12-8-20)25(17-27-16-15-26-19-27)28-18-21-9-13-23(14-10-21)22-5-3-2-4-6-22/h2-16,19,25H,17-18H2,1H3. The minimum Gasteiger partial charge on any atom is -0.367 e. The molecule has 0 bridgehead atoms. The molecule has 0 saturated carbocycles. The van der Waals surface area contributed by atoms with Gasteiger partial charge in [-0.25, -0.2) is 4.98 Å².